The van der Waals surface area contributed by atoms with Crippen LogP contribution in [0.5, 0.6) is 11.5 Å². The third-order valence-electron chi connectivity index (χ3n) is 3.70. The number of aromatic nitrogens is 2. The van der Waals surface area contributed by atoms with E-state index in [2.05, 4.69) is 20.8 Å². The molecule has 138 valence electrons. The van der Waals surface area contributed by atoms with Gasteiger partial charge in [0.15, 0.2) is 11.6 Å². The molecule has 0 radical (unpaired) electrons. The monoisotopic (exact) mass is 384 g/mol. The van der Waals surface area contributed by atoms with E-state index in [4.69, 9.17) is 21.1 Å². The Balaban J connectivity index is 1.75. The Kier molecular flexibility index (Phi) is 5.73. The maximum atomic E-state index is 12.6. The van der Waals surface area contributed by atoms with Crippen molar-refractivity contribution in [3.63, 3.8) is 0 Å². The molecule has 0 bridgehead atoms. The van der Waals surface area contributed by atoms with Gasteiger partial charge in [0.1, 0.15) is 17.1 Å². The summed E-state index contributed by atoms with van der Waals surface area (Å²) in [6.07, 6.45) is 0. The van der Waals surface area contributed by atoms with Crippen LogP contribution in [0.3, 0.4) is 0 Å². The van der Waals surface area contributed by atoms with Gasteiger partial charge in [0.2, 0.25) is 0 Å². The topological polar surface area (TPSA) is 85.4 Å². The molecule has 0 fully saturated rings. The quantitative estimate of drug-likeness (QED) is 0.664. The van der Waals surface area contributed by atoms with E-state index in [1.807, 2.05) is 18.2 Å². The lowest BCUT2D eigenvalue weighted by Crippen LogP contribution is -2.16. The number of carbonyl (C=O) groups is 1. The zero-order valence-electron chi connectivity index (χ0n) is 14.7. The van der Waals surface area contributed by atoms with E-state index >= 15 is 0 Å². The first kappa shape index (κ1) is 18.5. The maximum absolute atomic E-state index is 12.6. The molecule has 3 rings (SSSR count). The van der Waals surface area contributed by atoms with Crippen molar-refractivity contribution in [2.24, 2.45) is 0 Å². The Morgan fingerprint density at radius 1 is 0.889 bits per heavy atom. The van der Waals surface area contributed by atoms with Crippen LogP contribution in [0.15, 0.2) is 54.6 Å². The second kappa shape index (κ2) is 8.37. The van der Waals surface area contributed by atoms with Gasteiger partial charge in [-0.25, -0.2) is 0 Å². The molecule has 8 heteroatoms. The smallest absolute Gasteiger partial charge is 0.264 e. The lowest BCUT2D eigenvalue weighted by Gasteiger charge is -2.12. The van der Waals surface area contributed by atoms with Crippen molar-refractivity contribution in [1.82, 2.24) is 10.2 Å². The molecule has 0 unspecified atom stereocenters. The summed E-state index contributed by atoms with van der Waals surface area (Å²) < 4.78 is 10.5. The molecule has 0 saturated heterocycles. The number of para-hydroxylation sites is 1. The van der Waals surface area contributed by atoms with E-state index in [1.54, 1.807) is 36.4 Å². The molecule has 3 aromatic rings. The highest BCUT2D eigenvalue weighted by Crippen LogP contribution is 2.29. The molecule has 0 spiro atoms. The number of methoxy groups -OCH3 is 2. The number of halogens is 1. The van der Waals surface area contributed by atoms with Crippen molar-refractivity contribution in [3.8, 4) is 11.5 Å². The van der Waals surface area contributed by atoms with Crippen LogP contribution < -0.4 is 20.1 Å². The molecule has 7 nitrogen and oxygen atoms in total. The van der Waals surface area contributed by atoms with E-state index in [0.29, 0.717) is 28.0 Å². The first-order valence-electron chi connectivity index (χ1n) is 8.00. The average molecular weight is 385 g/mol. The predicted octanol–water partition coefficient (Wildman–Crippen LogP) is 4.14. The lowest BCUT2D eigenvalue weighted by atomic mass is 10.1. The fraction of sp³-hybridized carbons (Fsp3) is 0.105. The second-order valence-electron chi connectivity index (χ2n) is 5.40. The highest BCUT2D eigenvalue weighted by molar-refractivity contribution is 6.33. The lowest BCUT2D eigenvalue weighted by molar-refractivity contribution is 0.102. The van der Waals surface area contributed by atoms with Crippen molar-refractivity contribution in [2.75, 3.05) is 24.9 Å². The van der Waals surface area contributed by atoms with Crippen LogP contribution in [0.4, 0.5) is 17.3 Å². The van der Waals surface area contributed by atoms with E-state index in [0.717, 1.165) is 0 Å². The third-order valence-corrected chi connectivity index (χ3v) is 4.03. The van der Waals surface area contributed by atoms with Gasteiger partial charge in [-0.05, 0) is 36.4 Å². The zero-order valence-corrected chi connectivity index (χ0v) is 15.4. The molecule has 1 aromatic heterocycles. The van der Waals surface area contributed by atoms with Crippen LogP contribution >= 0.6 is 11.6 Å². The molecule has 0 saturated carbocycles. The fourth-order valence-corrected chi connectivity index (χ4v) is 2.60. The predicted molar refractivity (Wildman–Crippen MR) is 104 cm³/mol. The van der Waals surface area contributed by atoms with E-state index < -0.39 is 5.91 Å². The van der Waals surface area contributed by atoms with Gasteiger partial charge >= 0.3 is 0 Å². The van der Waals surface area contributed by atoms with Gasteiger partial charge in [-0.3, -0.25) is 4.79 Å². The molecular formula is C19H17ClN4O3. The summed E-state index contributed by atoms with van der Waals surface area (Å²) in [7, 11) is 2.97. The largest absolute Gasteiger partial charge is 0.496 e. The van der Waals surface area contributed by atoms with E-state index in [1.165, 1.54) is 14.2 Å². The molecule has 1 heterocycles. The zero-order chi connectivity index (χ0) is 19.2. The highest BCUT2D eigenvalue weighted by atomic mass is 35.5. The van der Waals surface area contributed by atoms with E-state index in [9.17, 15) is 4.79 Å². The number of hydrogen-bond donors (Lipinski definition) is 2. The molecule has 2 N–H and O–H groups in total. The maximum Gasteiger partial charge on any atom is 0.264 e. The number of benzene rings is 2. The first-order chi connectivity index (χ1) is 13.1. The van der Waals surface area contributed by atoms with Crippen molar-refractivity contribution in [2.45, 2.75) is 0 Å². The third kappa shape index (κ3) is 4.27. The molecule has 0 atom stereocenters. The summed E-state index contributed by atoms with van der Waals surface area (Å²) >= 11 is 6.11. The molecule has 27 heavy (non-hydrogen) atoms. The van der Waals surface area contributed by atoms with E-state index in [-0.39, 0.29) is 11.4 Å². The van der Waals surface area contributed by atoms with Gasteiger partial charge in [-0.1, -0.05) is 29.8 Å². The summed E-state index contributed by atoms with van der Waals surface area (Å²) in [5, 5.41) is 14.4. The van der Waals surface area contributed by atoms with Gasteiger partial charge in [0.25, 0.3) is 5.91 Å². The van der Waals surface area contributed by atoms with Crippen molar-refractivity contribution < 1.29 is 14.3 Å². The first-order valence-corrected chi connectivity index (χ1v) is 8.38. The van der Waals surface area contributed by atoms with Crippen LogP contribution in [0, 0.1) is 0 Å². The Morgan fingerprint density at radius 3 is 2.11 bits per heavy atom. The van der Waals surface area contributed by atoms with Gasteiger partial charge in [-0.15, -0.1) is 10.2 Å². The number of amides is 1. The number of anilines is 3. The number of ether oxygens (including phenoxy) is 2. The highest BCUT2D eigenvalue weighted by Gasteiger charge is 2.18. The van der Waals surface area contributed by atoms with Crippen LogP contribution in [0.1, 0.15) is 10.4 Å². The average Bonchev–Trinajstić information content (AvgIpc) is 2.70. The van der Waals surface area contributed by atoms with Crippen LogP contribution in [0.25, 0.3) is 0 Å². The van der Waals surface area contributed by atoms with Gasteiger partial charge in [-0.2, -0.15) is 0 Å². The Morgan fingerprint density at radius 2 is 1.52 bits per heavy atom. The van der Waals surface area contributed by atoms with Crippen LogP contribution in [-0.4, -0.2) is 30.3 Å². The summed E-state index contributed by atoms with van der Waals surface area (Å²) in [6, 6.07) is 15.7. The number of nitrogens with one attached hydrogen (secondary N) is 2. The van der Waals surface area contributed by atoms with Gasteiger partial charge in [0, 0.05) is 0 Å². The fourth-order valence-electron chi connectivity index (χ4n) is 2.42. The summed E-state index contributed by atoms with van der Waals surface area (Å²) in [5.41, 5.74) is 0.992. The molecule has 0 aliphatic heterocycles. The normalized spacial score (nSPS) is 10.2. The Bertz CT molecular complexity index is 926. The minimum atomic E-state index is -0.412. The van der Waals surface area contributed by atoms with Crippen molar-refractivity contribution in [1.29, 1.82) is 0 Å². The SMILES string of the molecule is COc1cccc(OC)c1C(=O)Nc1ccc(Nc2ccccc2Cl)nn1. The van der Waals surface area contributed by atoms with Crippen molar-refractivity contribution >= 4 is 34.8 Å². The standard InChI is InChI=1S/C19H17ClN4O3/c1-26-14-8-5-9-15(27-2)18(14)19(25)22-17-11-10-16(23-24-17)21-13-7-4-3-6-12(13)20/h3-11H,1-2H3,(H,21,23)(H,22,24,25). The van der Waals surface area contributed by atoms with Gasteiger partial charge in [0.05, 0.1) is 24.9 Å². The summed E-state index contributed by atoms with van der Waals surface area (Å²) in [4.78, 5) is 12.6. The second-order valence-corrected chi connectivity index (χ2v) is 5.81. The molecule has 0 aliphatic rings. The number of nitrogens with zero attached hydrogens (tertiary/aromatic N) is 2. The number of hydrogen-bond acceptors (Lipinski definition) is 6. The molecule has 2 aromatic carbocycles. The van der Waals surface area contributed by atoms with Crippen molar-refractivity contribution in [3.05, 3.63) is 65.2 Å². The molecule has 0 aliphatic carbocycles. The summed E-state index contributed by atoms with van der Waals surface area (Å²) in [6.45, 7) is 0. The van der Waals surface area contributed by atoms with Gasteiger partial charge < -0.3 is 20.1 Å². The Hall–Kier alpha value is -3.32. The molecular weight excluding hydrogens is 368 g/mol. The van der Waals surface area contributed by atoms with Crippen LogP contribution in [0.2, 0.25) is 5.02 Å². The summed E-state index contributed by atoms with van der Waals surface area (Å²) in [5.74, 6) is 1.17. The minimum Gasteiger partial charge on any atom is -0.496 e. The number of carbonyl (C=O) groups excluding carboxylic acids is 1. The minimum absolute atomic E-state index is 0.280. The number of rotatable bonds is 6. The van der Waals surface area contributed by atoms with Crippen LogP contribution in [-0.2, 0) is 0 Å². The molecule has 1 amide bonds. The Labute approximate surface area is 161 Å².